The van der Waals surface area contributed by atoms with Gasteiger partial charge in [-0.3, -0.25) is 9.78 Å². The van der Waals surface area contributed by atoms with Crippen molar-refractivity contribution < 1.29 is 14.3 Å². The molecule has 210 valence electrons. The number of nitrogens with one attached hydrogen (secondary N) is 2. The molecule has 0 saturated carbocycles. The summed E-state index contributed by atoms with van der Waals surface area (Å²) >= 11 is 5.83. The molecule has 0 spiro atoms. The maximum Gasteiger partial charge on any atom is 0.337 e. The zero-order valence-corrected chi connectivity index (χ0v) is 23.8. The number of aromatic nitrogens is 2. The van der Waals surface area contributed by atoms with E-state index in [1.165, 1.54) is 7.11 Å². The van der Waals surface area contributed by atoms with Crippen molar-refractivity contribution in [3.8, 4) is 5.69 Å². The highest BCUT2D eigenvalue weighted by molar-refractivity contribution is 7.80. The van der Waals surface area contributed by atoms with Crippen molar-refractivity contribution in [1.82, 2.24) is 19.8 Å². The van der Waals surface area contributed by atoms with Gasteiger partial charge in [-0.2, -0.15) is 0 Å². The van der Waals surface area contributed by atoms with Crippen molar-refractivity contribution in [3.05, 3.63) is 126 Å². The minimum atomic E-state index is -0.403. The third-order valence-corrected chi connectivity index (χ3v) is 7.82. The van der Waals surface area contributed by atoms with Crippen LogP contribution in [0.1, 0.15) is 40.3 Å². The number of hydrogen-bond donors (Lipinski definition) is 2. The standard InChI is InChI=1S/C33H29N5O3S/c1-41-32(40)23-11-6-12-24(21-23)37-19-8-16-28(37)31-30(27-14-4-5-18-34-27)36-33(42)38(31)20-17-29(39)35-26-15-7-10-22-9-2-3-13-25(22)26/h2-16,18-19,21,30-31H,17,20H2,1H3,(H,35,39)(H,36,42)/t30-,31+/m1/s1. The summed E-state index contributed by atoms with van der Waals surface area (Å²) in [5.41, 5.74) is 3.82. The Bertz CT molecular complexity index is 1760. The summed E-state index contributed by atoms with van der Waals surface area (Å²) in [6.45, 7) is 0.393. The number of amides is 1. The fourth-order valence-corrected chi connectivity index (χ4v) is 5.84. The average Bonchev–Trinajstić information content (AvgIpc) is 3.64. The predicted octanol–water partition coefficient (Wildman–Crippen LogP) is 5.81. The van der Waals surface area contributed by atoms with Gasteiger partial charge in [0.15, 0.2) is 5.11 Å². The number of carbonyl (C=O) groups is 2. The van der Waals surface area contributed by atoms with Crippen LogP contribution in [-0.2, 0) is 9.53 Å². The Morgan fingerprint density at radius 2 is 1.79 bits per heavy atom. The second kappa shape index (κ2) is 11.8. The summed E-state index contributed by atoms with van der Waals surface area (Å²) < 4.78 is 6.97. The quantitative estimate of drug-likeness (QED) is 0.178. The third kappa shape index (κ3) is 5.34. The van der Waals surface area contributed by atoms with Gasteiger partial charge in [0, 0.05) is 47.8 Å². The van der Waals surface area contributed by atoms with Gasteiger partial charge in [0.1, 0.15) is 0 Å². The Hall–Kier alpha value is -5.02. The number of hydrogen-bond acceptors (Lipinski definition) is 5. The van der Waals surface area contributed by atoms with Crippen molar-refractivity contribution >= 4 is 45.7 Å². The number of carbonyl (C=O) groups excluding carboxylic acids is 2. The largest absolute Gasteiger partial charge is 0.465 e. The van der Waals surface area contributed by atoms with Gasteiger partial charge in [-0.05, 0) is 66.1 Å². The highest BCUT2D eigenvalue weighted by atomic mass is 32.1. The van der Waals surface area contributed by atoms with E-state index in [1.54, 1.807) is 18.3 Å². The molecule has 0 unspecified atom stereocenters. The van der Waals surface area contributed by atoms with Crippen LogP contribution in [0.2, 0.25) is 0 Å². The molecule has 9 heteroatoms. The first-order valence-corrected chi connectivity index (χ1v) is 14.1. The van der Waals surface area contributed by atoms with Gasteiger partial charge in [-0.25, -0.2) is 4.79 Å². The van der Waals surface area contributed by atoms with E-state index in [1.807, 2.05) is 101 Å². The Labute approximate surface area is 248 Å². The molecule has 1 amide bonds. The lowest BCUT2D eigenvalue weighted by Gasteiger charge is -2.29. The number of pyridine rings is 1. The van der Waals surface area contributed by atoms with E-state index in [0.29, 0.717) is 17.2 Å². The number of esters is 1. The predicted molar refractivity (Wildman–Crippen MR) is 166 cm³/mol. The first-order valence-electron chi connectivity index (χ1n) is 13.6. The summed E-state index contributed by atoms with van der Waals surface area (Å²) in [5.74, 6) is -0.505. The van der Waals surface area contributed by atoms with Crippen molar-refractivity contribution in [2.75, 3.05) is 19.0 Å². The number of ether oxygens (including phenoxy) is 1. The third-order valence-electron chi connectivity index (χ3n) is 7.47. The summed E-state index contributed by atoms with van der Waals surface area (Å²) in [7, 11) is 1.37. The SMILES string of the molecule is COC(=O)c1cccc(-n2cccc2[C@H]2[C@@H](c3ccccn3)NC(=S)N2CCC(=O)Nc2cccc3ccccc23)c1. The number of fused-ring (bicyclic) bond motifs is 1. The van der Waals surface area contributed by atoms with Crippen LogP contribution >= 0.6 is 12.2 Å². The van der Waals surface area contributed by atoms with Crippen molar-refractivity contribution in [3.63, 3.8) is 0 Å². The molecule has 3 aromatic carbocycles. The number of thiocarbonyl (C=S) groups is 1. The zero-order valence-electron chi connectivity index (χ0n) is 22.9. The monoisotopic (exact) mass is 575 g/mol. The summed E-state index contributed by atoms with van der Waals surface area (Å²) in [5, 5.41) is 9.14. The van der Waals surface area contributed by atoms with Gasteiger partial charge in [0.05, 0.1) is 30.5 Å². The van der Waals surface area contributed by atoms with E-state index in [-0.39, 0.29) is 24.4 Å². The van der Waals surface area contributed by atoms with Crippen LogP contribution in [0.15, 0.2) is 109 Å². The topological polar surface area (TPSA) is 88.5 Å². The van der Waals surface area contributed by atoms with Gasteiger partial charge in [0.25, 0.3) is 0 Å². The van der Waals surface area contributed by atoms with E-state index in [9.17, 15) is 9.59 Å². The number of anilines is 1. The molecule has 0 bridgehead atoms. The van der Waals surface area contributed by atoms with Crippen LogP contribution in [-0.4, -0.2) is 45.1 Å². The molecule has 3 heterocycles. The van der Waals surface area contributed by atoms with E-state index < -0.39 is 5.97 Å². The van der Waals surface area contributed by atoms with E-state index in [4.69, 9.17) is 17.0 Å². The first-order chi connectivity index (χ1) is 20.5. The molecular weight excluding hydrogens is 546 g/mol. The van der Waals surface area contributed by atoms with Crippen molar-refractivity contribution in [1.29, 1.82) is 0 Å². The number of benzene rings is 3. The minimum absolute atomic E-state index is 0.102. The van der Waals surface area contributed by atoms with Crippen LogP contribution in [0, 0.1) is 0 Å². The molecule has 2 atom stereocenters. The molecule has 0 radical (unpaired) electrons. The molecule has 42 heavy (non-hydrogen) atoms. The summed E-state index contributed by atoms with van der Waals surface area (Å²) in [6.07, 6.45) is 3.94. The lowest BCUT2D eigenvalue weighted by atomic mass is 10.0. The highest BCUT2D eigenvalue weighted by Crippen LogP contribution is 2.39. The number of nitrogens with zero attached hydrogens (tertiary/aromatic N) is 3. The second-order valence-corrected chi connectivity index (χ2v) is 10.4. The van der Waals surface area contributed by atoms with Crippen molar-refractivity contribution in [2.45, 2.75) is 18.5 Å². The fraction of sp³-hybridized carbons (Fsp3) is 0.152. The molecular formula is C33H29N5O3S. The Balaban J connectivity index is 1.30. The van der Waals surface area contributed by atoms with E-state index in [0.717, 1.165) is 33.5 Å². The molecule has 1 fully saturated rings. The van der Waals surface area contributed by atoms with Gasteiger partial charge >= 0.3 is 5.97 Å². The minimum Gasteiger partial charge on any atom is -0.465 e. The Morgan fingerprint density at radius 1 is 0.976 bits per heavy atom. The van der Waals surface area contributed by atoms with Crippen LogP contribution < -0.4 is 10.6 Å². The van der Waals surface area contributed by atoms with Gasteiger partial charge < -0.3 is 24.8 Å². The second-order valence-electron chi connectivity index (χ2n) is 9.99. The smallest absolute Gasteiger partial charge is 0.337 e. The average molecular weight is 576 g/mol. The van der Waals surface area contributed by atoms with E-state index in [2.05, 4.69) is 15.6 Å². The van der Waals surface area contributed by atoms with Crippen LogP contribution in [0.4, 0.5) is 5.69 Å². The molecule has 2 N–H and O–H groups in total. The lowest BCUT2D eigenvalue weighted by molar-refractivity contribution is -0.116. The maximum atomic E-state index is 13.2. The molecule has 1 aliphatic rings. The molecule has 5 aromatic rings. The van der Waals surface area contributed by atoms with Crippen LogP contribution in [0.3, 0.4) is 0 Å². The molecule has 1 saturated heterocycles. The molecule has 6 rings (SSSR count). The normalized spacial score (nSPS) is 16.3. The molecule has 0 aliphatic carbocycles. The molecule has 8 nitrogen and oxygen atoms in total. The molecule has 1 aliphatic heterocycles. The van der Waals surface area contributed by atoms with Gasteiger partial charge in [-0.1, -0.05) is 48.5 Å². The van der Waals surface area contributed by atoms with E-state index >= 15 is 0 Å². The summed E-state index contributed by atoms with van der Waals surface area (Å²) in [6, 6.07) is 30.4. The number of methoxy groups -OCH3 is 1. The lowest BCUT2D eigenvalue weighted by Crippen LogP contribution is -2.33. The first kappa shape index (κ1) is 27.2. The maximum absolute atomic E-state index is 13.2. The molecule has 2 aromatic heterocycles. The van der Waals surface area contributed by atoms with Gasteiger partial charge in [-0.15, -0.1) is 0 Å². The Morgan fingerprint density at radius 3 is 2.62 bits per heavy atom. The van der Waals surface area contributed by atoms with Crippen LogP contribution in [0.5, 0.6) is 0 Å². The van der Waals surface area contributed by atoms with Gasteiger partial charge in [0.2, 0.25) is 5.91 Å². The summed E-state index contributed by atoms with van der Waals surface area (Å²) in [4.78, 5) is 32.1. The fourth-order valence-electron chi connectivity index (χ4n) is 5.51. The van der Waals surface area contributed by atoms with Crippen LogP contribution in [0.25, 0.3) is 16.5 Å². The Kier molecular flexibility index (Phi) is 7.66. The number of rotatable bonds is 8. The zero-order chi connectivity index (χ0) is 29.1. The van der Waals surface area contributed by atoms with Crippen molar-refractivity contribution in [2.24, 2.45) is 0 Å². The highest BCUT2D eigenvalue weighted by Gasteiger charge is 2.41.